The van der Waals surface area contributed by atoms with E-state index in [9.17, 15) is 14.4 Å². The second kappa shape index (κ2) is 8.43. The Hall–Kier alpha value is -2.68. The summed E-state index contributed by atoms with van der Waals surface area (Å²) in [4.78, 5) is 37.9. The smallest absolute Gasteiger partial charge is 0.338 e. The summed E-state index contributed by atoms with van der Waals surface area (Å²) >= 11 is 1.09. The number of esters is 1. The molecule has 1 aromatic heterocycles. The first-order valence-electron chi connectivity index (χ1n) is 7.59. The maximum Gasteiger partial charge on any atom is 0.338 e. The fourth-order valence-corrected chi connectivity index (χ4v) is 2.54. The molecule has 2 aromatic rings. The van der Waals surface area contributed by atoms with E-state index in [1.54, 1.807) is 45.0 Å². The molecule has 1 atom stereocenters. The zero-order valence-corrected chi connectivity index (χ0v) is 14.8. The monoisotopic (exact) mass is 362 g/mol. The summed E-state index contributed by atoms with van der Waals surface area (Å²) in [5.74, 6) is -0.677. The van der Waals surface area contributed by atoms with Gasteiger partial charge in [0.1, 0.15) is 5.69 Å². The molecule has 0 aliphatic heterocycles. The van der Waals surface area contributed by atoms with E-state index < -0.39 is 11.2 Å². The number of hydrogen-bond acceptors (Lipinski definition) is 7. The lowest BCUT2D eigenvalue weighted by Gasteiger charge is -2.11. The van der Waals surface area contributed by atoms with Crippen LogP contribution in [0.1, 0.15) is 29.9 Å². The minimum absolute atomic E-state index is 0.267. The fraction of sp³-hybridized carbons (Fsp3) is 0.312. The molecule has 1 amide bonds. The highest BCUT2D eigenvalue weighted by atomic mass is 32.2. The number of aromatic nitrogens is 3. The largest absolute Gasteiger partial charge is 0.462 e. The van der Waals surface area contributed by atoms with Crippen LogP contribution in [0.3, 0.4) is 0 Å². The highest BCUT2D eigenvalue weighted by Crippen LogP contribution is 2.19. The van der Waals surface area contributed by atoms with Crippen molar-refractivity contribution >= 4 is 29.3 Å². The number of hydrogen-bond donors (Lipinski definition) is 2. The number of nitrogens with one attached hydrogen (secondary N) is 2. The SMILES string of the molecule is CCOC(=O)c1ccc(NC(=O)C(C)Sc2nnc(C)c(=O)[nH]2)cc1. The normalized spacial score (nSPS) is 11.6. The lowest BCUT2D eigenvalue weighted by Crippen LogP contribution is -2.23. The molecule has 132 valence electrons. The number of carbonyl (C=O) groups excluding carboxylic acids is 2. The summed E-state index contributed by atoms with van der Waals surface area (Å²) in [7, 11) is 0. The van der Waals surface area contributed by atoms with Gasteiger partial charge in [0.05, 0.1) is 17.4 Å². The molecular formula is C16H18N4O4S. The molecule has 0 spiro atoms. The van der Waals surface area contributed by atoms with Crippen LogP contribution in [0.2, 0.25) is 0 Å². The van der Waals surface area contributed by atoms with Crippen LogP contribution in [-0.4, -0.2) is 38.9 Å². The number of aromatic amines is 1. The van der Waals surface area contributed by atoms with Gasteiger partial charge in [0, 0.05) is 5.69 Å². The molecule has 2 rings (SSSR count). The standard InChI is InChI=1S/C16H18N4O4S/c1-4-24-15(23)11-5-7-12(8-6-11)17-14(22)10(3)25-16-18-13(21)9(2)19-20-16/h5-8,10H,4H2,1-3H3,(H,17,22)(H,18,20,21). The van der Waals surface area contributed by atoms with Crippen molar-refractivity contribution in [1.29, 1.82) is 0 Å². The molecule has 0 saturated carbocycles. The van der Waals surface area contributed by atoms with Gasteiger partial charge >= 0.3 is 5.97 Å². The van der Waals surface area contributed by atoms with E-state index in [0.717, 1.165) is 11.8 Å². The van der Waals surface area contributed by atoms with Crippen molar-refractivity contribution in [2.75, 3.05) is 11.9 Å². The highest BCUT2D eigenvalue weighted by molar-refractivity contribution is 8.00. The molecule has 0 bridgehead atoms. The van der Waals surface area contributed by atoms with E-state index in [4.69, 9.17) is 4.74 Å². The molecule has 1 unspecified atom stereocenters. The van der Waals surface area contributed by atoms with E-state index in [1.165, 1.54) is 0 Å². The number of nitrogens with zero attached hydrogens (tertiary/aromatic N) is 2. The number of amides is 1. The van der Waals surface area contributed by atoms with Crippen molar-refractivity contribution < 1.29 is 14.3 Å². The summed E-state index contributed by atoms with van der Waals surface area (Å²) in [5.41, 5.74) is 0.895. The first-order valence-corrected chi connectivity index (χ1v) is 8.47. The maximum atomic E-state index is 12.2. The van der Waals surface area contributed by atoms with Gasteiger partial charge in [-0.05, 0) is 45.0 Å². The average Bonchev–Trinajstić information content (AvgIpc) is 2.59. The Morgan fingerprint density at radius 1 is 1.28 bits per heavy atom. The lowest BCUT2D eigenvalue weighted by atomic mass is 10.2. The number of H-pyrrole nitrogens is 1. The van der Waals surface area contributed by atoms with Crippen LogP contribution >= 0.6 is 11.8 Å². The van der Waals surface area contributed by atoms with E-state index in [2.05, 4.69) is 20.5 Å². The van der Waals surface area contributed by atoms with Crippen LogP contribution < -0.4 is 10.9 Å². The van der Waals surface area contributed by atoms with Crippen LogP contribution in [0.25, 0.3) is 0 Å². The molecular weight excluding hydrogens is 344 g/mol. The number of rotatable bonds is 6. The van der Waals surface area contributed by atoms with Crippen LogP contribution in [0, 0.1) is 6.92 Å². The minimum Gasteiger partial charge on any atom is -0.462 e. The molecule has 1 aromatic carbocycles. The Labute approximate surface area is 148 Å². The van der Waals surface area contributed by atoms with E-state index in [0.29, 0.717) is 17.9 Å². The number of carbonyl (C=O) groups is 2. The predicted molar refractivity (Wildman–Crippen MR) is 93.7 cm³/mol. The summed E-state index contributed by atoms with van der Waals surface area (Å²) in [6, 6.07) is 6.40. The molecule has 0 aliphatic carbocycles. The van der Waals surface area contributed by atoms with Gasteiger partial charge in [0.25, 0.3) is 5.56 Å². The van der Waals surface area contributed by atoms with Gasteiger partial charge in [-0.3, -0.25) is 14.6 Å². The topological polar surface area (TPSA) is 114 Å². The van der Waals surface area contributed by atoms with Crippen LogP contribution in [-0.2, 0) is 9.53 Å². The highest BCUT2D eigenvalue weighted by Gasteiger charge is 2.17. The molecule has 1 heterocycles. The molecule has 2 N–H and O–H groups in total. The van der Waals surface area contributed by atoms with Crippen LogP contribution in [0.5, 0.6) is 0 Å². The van der Waals surface area contributed by atoms with Crippen LogP contribution in [0.15, 0.2) is 34.2 Å². The van der Waals surface area contributed by atoms with Gasteiger partial charge in [-0.25, -0.2) is 4.79 Å². The number of aryl methyl sites for hydroxylation is 1. The van der Waals surface area contributed by atoms with Crippen molar-refractivity contribution in [3.63, 3.8) is 0 Å². The van der Waals surface area contributed by atoms with E-state index >= 15 is 0 Å². The Balaban J connectivity index is 1.97. The van der Waals surface area contributed by atoms with E-state index in [1.807, 2.05) is 0 Å². The molecule has 0 radical (unpaired) electrons. The summed E-state index contributed by atoms with van der Waals surface area (Å²) < 4.78 is 4.90. The molecule has 25 heavy (non-hydrogen) atoms. The lowest BCUT2D eigenvalue weighted by molar-refractivity contribution is -0.115. The van der Waals surface area contributed by atoms with Crippen molar-refractivity contribution in [3.05, 3.63) is 45.9 Å². The Morgan fingerprint density at radius 3 is 2.56 bits per heavy atom. The van der Waals surface area contributed by atoms with Gasteiger partial charge < -0.3 is 10.1 Å². The van der Waals surface area contributed by atoms with Gasteiger partial charge in [0.2, 0.25) is 5.91 Å². The first kappa shape index (κ1) is 18.7. The second-order valence-electron chi connectivity index (χ2n) is 5.09. The van der Waals surface area contributed by atoms with Crippen molar-refractivity contribution in [2.45, 2.75) is 31.2 Å². The Kier molecular flexibility index (Phi) is 6.29. The minimum atomic E-state index is -0.502. The number of thioether (sulfide) groups is 1. The zero-order valence-electron chi connectivity index (χ0n) is 14.0. The van der Waals surface area contributed by atoms with Gasteiger partial charge in [0.15, 0.2) is 5.16 Å². The molecule has 9 heteroatoms. The van der Waals surface area contributed by atoms with Gasteiger partial charge in [-0.2, -0.15) is 0 Å². The fourth-order valence-electron chi connectivity index (χ4n) is 1.80. The summed E-state index contributed by atoms with van der Waals surface area (Å²) in [6.07, 6.45) is 0. The van der Waals surface area contributed by atoms with Gasteiger partial charge in [-0.15, -0.1) is 10.2 Å². The third-order valence-electron chi connectivity index (χ3n) is 3.16. The molecule has 0 fully saturated rings. The maximum absolute atomic E-state index is 12.2. The zero-order chi connectivity index (χ0) is 18.4. The van der Waals surface area contributed by atoms with Crippen molar-refractivity contribution in [1.82, 2.24) is 15.2 Å². The summed E-state index contributed by atoms with van der Waals surface area (Å²) in [6.45, 7) is 5.27. The van der Waals surface area contributed by atoms with Gasteiger partial charge in [-0.1, -0.05) is 11.8 Å². The van der Waals surface area contributed by atoms with Crippen molar-refractivity contribution in [3.8, 4) is 0 Å². The second-order valence-corrected chi connectivity index (χ2v) is 6.42. The number of benzene rings is 1. The van der Waals surface area contributed by atoms with Crippen molar-refractivity contribution in [2.24, 2.45) is 0 Å². The molecule has 8 nitrogen and oxygen atoms in total. The Morgan fingerprint density at radius 2 is 1.96 bits per heavy atom. The molecule has 0 saturated heterocycles. The first-order chi connectivity index (χ1) is 11.9. The Bertz CT molecular complexity index is 820. The average molecular weight is 362 g/mol. The third-order valence-corrected chi connectivity index (χ3v) is 4.14. The predicted octanol–water partition coefficient (Wildman–Crippen LogP) is 1.77. The molecule has 0 aliphatic rings. The van der Waals surface area contributed by atoms with Crippen LogP contribution in [0.4, 0.5) is 5.69 Å². The quantitative estimate of drug-likeness (QED) is 0.594. The number of ether oxygens (including phenoxy) is 1. The van der Waals surface area contributed by atoms with E-state index in [-0.39, 0.29) is 22.3 Å². The third kappa shape index (κ3) is 5.15. The number of anilines is 1. The summed E-state index contributed by atoms with van der Waals surface area (Å²) in [5, 5.41) is 10.1.